The maximum absolute atomic E-state index is 13.6. The monoisotopic (exact) mass is 521 g/mol. The van der Waals surface area contributed by atoms with Gasteiger partial charge in [0.2, 0.25) is 11.8 Å². The van der Waals surface area contributed by atoms with E-state index in [4.69, 9.17) is 9.47 Å². The first-order valence-electron chi connectivity index (χ1n) is 12.6. The van der Waals surface area contributed by atoms with Crippen molar-refractivity contribution in [2.75, 3.05) is 27.8 Å². The smallest absolute Gasteiger partial charge is 0.338 e. The largest absolute Gasteiger partial charge is 0.497 e. The topological polar surface area (TPSA) is 94.7 Å². The highest BCUT2D eigenvalue weighted by Gasteiger charge is 2.46. The number of methoxy groups -OCH3 is 2. The van der Waals surface area contributed by atoms with Gasteiger partial charge in [-0.25, -0.2) is 14.8 Å². The van der Waals surface area contributed by atoms with Crippen LogP contribution in [0.4, 0.5) is 4.79 Å². The van der Waals surface area contributed by atoms with Gasteiger partial charge in [-0.05, 0) is 47.7 Å². The first kappa shape index (κ1) is 27.0. The number of urea groups is 1. The van der Waals surface area contributed by atoms with E-state index in [0.29, 0.717) is 18.8 Å². The van der Waals surface area contributed by atoms with E-state index in [9.17, 15) is 14.4 Å². The number of fused-ring (bicyclic) bond motifs is 1. The summed E-state index contributed by atoms with van der Waals surface area (Å²) < 4.78 is 10.4. The van der Waals surface area contributed by atoms with Crippen LogP contribution < -0.4 is 14.8 Å². The number of nitrogens with zero attached hydrogens (tertiary/aromatic N) is 4. The van der Waals surface area contributed by atoms with Crippen molar-refractivity contribution in [1.29, 1.82) is 0 Å². The molecule has 4 amide bonds. The molecule has 2 aromatic carbocycles. The quantitative estimate of drug-likeness (QED) is 0.574. The van der Waals surface area contributed by atoms with E-state index in [-0.39, 0.29) is 30.8 Å². The minimum Gasteiger partial charge on any atom is -0.497 e. The molecule has 0 spiro atoms. The summed E-state index contributed by atoms with van der Waals surface area (Å²) >= 11 is 0. The molecule has 202 valence electrons. The minimum absolute atomic E-state index is 0.0202. The predicted molar refractivity (Wildman–Crippen MR) is 141 cm³/mol. The number of hydrogen-bond acceptors (Lipinski definition) is 6. The van der Waals surface area contributed by atoms with Gasteiger partial charge in [0.15, 0.2) is 5.82 Å². The number of ether oxygens (including phenoxy) is 2. The standard InChI is InChI=1S/C28H35N5O5/c1-19(2)14-24-27(35)31(16-21-8-12-23(38-5)13-9-21)17-25-32(24)26(34)18-30(3)33(25)28(36)29-15-20-6-10-22(37-4)11-7-20/h6-13,17,19,24H,14-16,18H2,1-5H3,(H,29,36)/t24-/m0/s1. The Morgan fingerprint density at radius 1 is 0.974 bits per heavy atom. The molecule has 1 fully saturated rings. The third kappa shape index (κ3) is 5.75. The van der Waals surface area contributed by atoms with Gasteiger partial charge < -0.3 is 19.7 Å². The lowest BCUT2D eigenvalue weighted by Gasteiger charge is -2.49. The highest BCUT2D eigenvalue weighted by Crippen LogP contribution is 2.31. The van der Waals surface area contributed by atoms with Crippen LogP contribution in [0.5, 0.6) is 11.5 Å². The molecule has 0 saturated carbocycles. The first-order chi connectivity index (χ1) is 18.2. The zero-order valence-corrected chi connectivity index (χ0v) is 22.5. The molecule has 10 heteroatoms. The summed E-state index contributed by atoms with van der Waals surface area (Å²) in [6.07, 6.45) is 2.08. The van der Waals surface area contributed by atoms with Gasteiger partial charge >= 0.3 is 6.03 Å². The zero-order valence-electron chi connectivity index (χ0n) is 22.5. The molecular weight excluding hydrogens is 486 g/mol. The Kier molecular flexibility index (Phi) is 8.21. The lowest BCUT2D eigenvalue weighted by molar-refractivity contribution is -0.156. The average molecular weight is 522 g/mol. The van der Waals surface area contributed by atoms with Crippen LogP contribution in [-0.4, -0.2) is 71.5 Å². The maximum Gasteiger partial charge on any atom is 0.338 e. The van der Waals surface area contributed by atoms with Crippen molar-refractivity contribution in [3.63, 3.8) is 0 Å². The van der Waals surface area contributed by atoms with Crippen LogP contribution in [0, 0.1) is 5.92 Å². The van der Waals surface area contributed by atoms with Gasteiger partial charge in [-0.1, -0.05) is 38.1 Å². The molecule has 38 heavy (non-hydrogen) atoms. The second kappa shape index (κ2) is 11.6. The lowest BCUT2D eigenvalue weighted by atomic mass is 9.98. The second-order valence-electron chi connectivity index (χ2n) is 9.84. The number of likely N-dealkylation sites (N-methyl/N-ethyl adjacent to an activating group) is 1. The van der Waals surface area contributed by atoms with E-state index in [1.807, 2.05) is 62.4 Å². The molecular formula is C28H35N5O5. The summed E-state index contributed by atoms with van der Waals surface area (Å²) in [7, 11) is 4.89. The molecule has 0 unspecified atom stereocenters. The van der Waals surface area contributed by atoms with Crippen molar-refractivity contribution < 1.29 is 23.9 Å². The number of carbonyl (C=O) groups excluding carboxylic acids is 3. The molecule has 2 aliphatic heterocycles. The molecule has 0 radical (unpaired) electrons. The normalized spacial score (nSPS) is 17.9. The van der Waals surface area contributed by atoms with Crippen LogP contribution in [0.15, 0.2) is 60.6 Å². The molecule has 2 aliphatic rings. The summed E-state index contributed by atoms with van der Waals surface area (Å²) in [5.41, 5.74) is 1.80. The van der Waals surface area contributed by atoms with Crippen molar-refractivity contribution in [3.05, 3.63) is 71.7 Å². The third-order valence-corrected chi connectivity index (χ3v) is 6.59. The van der Waals surface area contributed by atoms with E-state index in [1.54, 1.807) is 37.4 Å². The Hall–Kier alpha value is -4.05. The fraction of sp³-hybridized carbons (Fsp3) is 0.393. The maximum atomic E-state index is 13.6. The molecule has 4 rings (SSSR count). The molecule has 1 atom stereocenters. The van der Waals surface area contributed by atoms with Crippen LogP contribution in [0.25, 0.3) is 0 Å². The Morgan fingerprint density at radius 3 is 2.11 bits per heavy atom. The molecule has 10 nitrogen and oxygen atoms in total. The van der Waals surface area contributed by atoms with Crippen molar-refractivity contribution in [2.45, 2.75) is 39.4 Å². The highest BCUT2D eigenvalue weighted by molar-refractivity contribution is 5.93. The Morgan fingerprint density at radius 2 is 1.55 bits per heavy atom. The zero-order chi connectivity index (χ0) is 27.4. The molecule has 0 aliphatic carbocycles. The summed E-state index contributed by atoms with van der Waals surface area (Å²) in [4.78, 5) is 43.4. The number of hydrazine groups is 1. The predicted octanol–water partition coefficient (Wildman–Crippen LogP) is 3.16. The summed E-state index contributed by atoms with van der Waals surface area (Å²) in [6.45, 7) is 4.60. The molecule has 0 bridgehead atoms. The van der Waals surface area contributed by atoms with Gasteiger partial charge in [-0.3, -0.25) is 14.5 Å². The lowest BCUT2D eigenvalue weighted by Crippen LogP contribution is -2.66. The molecule has 2 aromatic rings. The van der Waals surface area contributed by atoms with E-state index >= 15 is 0 Å². The van der Waals surface area contributed by atoms with Gasteiger partial charge in [0, 0.05) is 13.6 Å². The molecule has 2 heterocycles. The van der Waals surface area contributed by atoms with Crippen LogP contribution in [0.1, 0.15) is 31.4 Å². The first-order valence-corrected chi connectivity index (χ1v) is 12.6. The van der Waals surface area contributed by atoms with Gasteiger partial charge in [0.25, 0.3) is 0 Å². The van der Waals surface area contributed by atoms with Crippen molar-refractivity contribution in [1.82, 2.24) is 25.1 Å². The number of amides is 4. The van der Waals surface area contributed by atoms with Gasteiger partial charge in [-0.2, -0.15) is 0 Å². The number of hydrogen-bond donors (Lipinski definition) is 1. The van der Waals surface area contributed by atoms with Crippen molar-refractivity contribution in [3.8, 4) is 11.5 Å². The van der Waals surface area contributed by atoms with Crippen LogP contribution in [-0.2, 0) is 22.7 Å². The minimum atomic E-state index is -0.702. The fourth-order valence-corrected chi connectivity index (χ4v) is 4.66. The van der Waals surface area contributed by atoms with Crippen LogP contribution in [0.3, 0.4) is 0 Å². The van der Waals surface area contributed by atoms with E-state index < -0.39 is 12.1 Å². The summed E-state index contributed by atoms with van der Waals surface area (Å²) in [6, 6.07) is 13.8. The van der Waals surface area contributed by atoms with Crippen molar-refractivity contribution >= 4 is 17.8 Å². The average Bonchev–Trinajstić information content (AvgIpc) is 2.90. The Bertz CT molecular complexity index is 1200. The van der Waals surface area contributed by atoms with Gasteiger partial charge in [0.1, 0.15) is 17.5 Å². The van der Waals surface area contributed by atoms with Crippen LogP contribution >= 0.6 is 0 Å². The van der Waals surface area contributed by atoms with Gasteiger partial charge in [-0.15, -0.1) is 0 Å². The van der Waals surface area contributed by atoms with E-state index in [1.165, 1.54) is 9.91 Å². The number of rotatable bonds is 8. The fourth-order valence-electron chi connectivity index (χ4n) is 4.66. The Balaban J connectivity index is 1.63. The molecule has 1 saturated heterocycles. The summed E-state index contributed by atoms with van der Waals surface area (Å²) in [5.74, 6) is 1.58. The number of nitrogens with one attached hydrogen (secondary N) is 1. The van der Waals surface area contributed by atoms with Crippen LogP contribution in [0.2, 0.25) is 0 Å². The number of benzene rings is 2. The second-order valence-corrected chi connectivity index (χ2v) is 9.84. The van der Waals surface area contributed by atoms with Crippen molar-refractivity contribution in [2.24, 2.45) is 5.92 Å². The van der Waals surface area contributed by atoms with E-state index in [0.717, 1.165) is 22.6 Å². The number of carbonyl (C=O) groups is 3. The SMILES string of the molecule is COc1ccc(CNC(=O)N2C3=CN(Cc4ccc(OC)cc4)C(=O)[C@H](CC(C)C)N3C(=O)CN2C)cc1. The molecule has 1 N–H and O–H groups in total. The van der Waals surface area contributed by atoms with E-state index in [2.05, 4.69) is 5.32 Å². The summed E-state index contributed by atoms with van der Waals surface area (Å²) in [5, 5.41) is 5.94. The Labute approximate surface area is 223 Å². The molecule has 0 aromatic heterocycles. The highest BCUT2D eigenvalue weighted by atomic mass is 16.5. The third-order valence-electron chi connectivity index (χ3n) is 6.59. The van der Waals surface area contributed by atoms with Gasteiger partial charge in [0.05, 0.1) is 33.5 Å².